The lowest BCUT2D eigenvalue weighted by Gasteiger charge is -2.13. The van der Waals surface area contributed by atoms with Gasteiger partial charge in [-0.15, -0.1) is 0 Å². The van der Waals surface area contributed by atoms with Crippen molar-refractivity contribution in [2.24, 2.45) is 5.73 Å². The quantitative estimate of drug-likeness (QED) is 0.496. The van der Waals surface area contributed by atoms with Crippen molar-refractivity contribution in [2.45, 2.75) is 6.04 Å². The zero-order chi connectivity index (χ0) is 11.7. The third-order valence-electron chi connectivity index (χ3n) is 1.81. The first-order valence-electron chi connectivity index (χ1n) is 3.79. The maximum Gasteiger partial charge on any atom is 0.176 e. The van der Waals surface area contributed by atoms with E-state index in [1.54, 1.807) is 0 Å². The lowest BCUT2D eigenvalue weighted by Crippen LogP contribution is -2.20. The molecule has 0 aliphatic rings. The van der Waals surface area contributed by atoms with Gasteiger partial charge in [0.05, 0.1) is 17.1 Å². The second-order valence-corrected chi connectivity index (χ2v) is 3.57. The number of rotatable bonds is 2. The van der Waals surface area contributed by atoms with Gasteiger partial charge in [0, 0.05) is 5.56 Å². The highest BCUT2D eigenvalue weighted by Crippen LogP contribution is 2.30. The van der Waals surface area contributed by atoms with E-state index in [0.717, 1.165) is 0 Å². The van der Waals surface area contributed by atoms with E-state index >= 15 is 0 Å². The van der Waals surface area contributed by atoms with Gasteiger partial charge in [0.1, 0.15) is 0 Å². The molecule has 1 atom stereocenters. The van der Waals surface area contributed by atoms with Crippen LogP contribution in [0.3, 0.4) is 0 Å². The van der Waals surface area contributed by atoms with Crippen molar-refractivity contribution in [1.82, 2.24) is 0 Å². The van der Waals surface area contributed by atoms with Gasteiger partial charge in [-0.1, -0.05) is 0 Å². The fraction of sp³-hybridized carbons (Fsp3) is 0.250. The number of aliphatic hydroxyl groups is 1. The summed E-state index contributed by atoms with van der Waals surface area (Å²) in [7, 11) is 0. The normalized spacial score (nSPS) is 13.0. The van der Waals surface area contributed by atoms with Gasteiger partial charge in [-0.2, -0.15) is 0 Å². The highest BCUT2D eigenvalue weighted by molar-refractivity contribution is 9.10. The van der Waals surface area contributed by atoms with Gasteiger partial charge >= 0.3 is 0 Å². The average Bonchev–Trinajstić information content (AvgIpc) is 2.23. The van der Waals surface area contributed by atoms with Crippen LogP contribution in [0.4, 0.5) is 17.6 Å². The van der Waals surface area contributed by atoms with Crippen molar-refractivity contribution >= 4 is 15.9 Å². The third kappa shape index (κ3) is 1.99. The summed E-state index contributed by atoms with van der Waals surface area (Å²) in [4.78, 5) is 0. The lowest BCUT2D eigenvalue weighted by atomic mass is 10.1. The molecule has 0 fully saturated rings. The lowest BCUT2D eigenvalue weighted by molar-refractivity contribution is 0.259. The first-order chi connectivity index (χ1) is 6.91. The number of aliphatic hydroxyl groups excluding tert-OH is 1. The molecule has 1 aromatic rings. The molecule has 0 radical (unpaired) electrons. The molecular formula is C8H6BrF4NO. The minimum atomic E-state index is -1.61. The largest absolute Gasteiger partial charge is 0.394 e. The molecule has 7 heteroatoms. The van der Waals surface area contributed by atoms with Crippen LogP contribution in [-0.4, -0.2) is 11.7 Å². The Morgan fingerprint density at radius 3 is 1.80 bits per heavy atom. The van der Waals surface area contributed by atoms with Crippen LogP contribution in [0, 0.1) is 23.3 Å². The van der Waals surface area contributed by atoms with E-state index < -0.39 is 46.0 Å². The summed E-state index contributed by atoms with van der Waals surface area (Å²) in [6.07, 6.45) is 0. The maximum absolute atomic E-state index is 13.1. The standard InChI is InChI=1S/C8H6BrF4NO/c9-4-7(12)5(10)3(2(14)1-15)6(11)8(4)13/h2,15H,1,14H2. The minimum Gasteiger partial charge on any atom is -0.394 e. The zero-order valence-electron chi connectivity index (χ0n) is 7.20. The van der Waals surface area contributed by atoms with Crippen LogP contribution in [0.5, 0.6) is 0 Å². The van der Waals surface area contributed by atoms with Gasteiger partial charge in [-0.25, -0.2) is 17.6 Å². The SMILES string of the molecule is NC(CO)c1c(F)c(F)c(Br)c(F)c1F. The van der Waals surface area contributed by atoms with Crippen molar-refractivity contribution in [2.75, 3.05) is 6.61 Å². The van der Waals surface area contributed by atoms with Crippen molar-refractivity contribution in [3.05, 3.63) is 33.3 Å². The first kappa shape index (κ1) is 12.4. The fourth-order valence-electron chi connectivity index (χ4n) is 1.04. The van der Waals surface area contributed by atoms with Crippen LogP contribution in [0.2, 0.25) is 0 Å². The molecule has 1 unspecified atom stereocenters. The number of halogens is 5. The van der Waals surface area contributed by atoms with Crippen LogP contribution in [0.1, 0.15) is 11.6 Å². The maximum atomic E-state index is 13.1. The summed E-state index contributed by atoms with van der Waals surface area (Å²) in [5, 5.41) is 8.57. The molecule has 0 spiro atoms. The molecule has 0 aliphatic heterocycles. The van der Waals surface area contributed by atoms with Gasteiger partial charge in [-0.05, 0) is 15.9 Å². The van der Waals surface area contributed by atoms with E-state index in [1.165, 1.54) is 0 Å². The summed E-state index contributed by atoms with van der Waals surface area (Å²) >= 11 is 2.35. The Hall–Kier alpha value is -0.660. The molecule has 1 aromatic carbocycles. The van der Waals surface area contributed by atoms with Crippen molar-refractivity contribution < 1.29 is 22.7 Å². The molecule has 1 rings (SSSR count). The summed E-state index contributed by atoms with van der Waals surface area (Å²) < 4.78 is 51.3. The van der Waals surface area contributed by atoms with Crippen LogP contribution >= 0.6 is 15.9 Å². The Bertz CT molecular complexity index is 370. The second kappa shape index (κ2) is 4.46. The summed E-state index contributed by atoms with van der Waals surface area (Å²) in [5.41, 5.74) is 4.10. The van der Waals surface area contributed by atoms with E-state index in [4.69, 9.17) is 10.8 Å². The first-order valence-corrected chi connectivity index (χ1v) is 4.58. The predicted octanol–water partition coefficient (Wildman–Crippen LogP) is 2.00. The highest BCUT2D eigenvalue weighted by Gasteiger charge is 2.27. The molecular weight excluding hydrogens is 282 g/mol. The van der Waals surface area contributed by atoms with Crippen molar-refractivity contribution in [3.8, 4) is 0 Å². The molecule has 15 heavy (non-hydrogen) atoms. The fourth-order valence-corrected chi connectivity index (χ4v) is 1.39. The molecule has 3 N–H and O–H groups in total. The van der Waals surface area contributed by atoms with Gasteiger partial charge in [0.25, 0.3) is 0 Å². The minimum absolute atomic E-state index is 0.825. The van der Waals surface area contributed by atoms with Crippen LogP contribution in [0.15, 0.2) is 4.47 Å². The number of hydrogen-bond donors (Lipinski definition) is 2. The molecule has 2 nitrogen and oxygen atoms in total. The average molecular weight is 288 g/mol. The smallest absolute Gasteiger partial charge is 0.176 e. The van der Waals surface area contributed by atoms with E-state index in [2.05, 4.69) is 15.9 Å². The van der Waals surface area contributed by atoms with E-state index in [-0.39, 0.29) is 0 Å². The number of hydrogen-bond acceptors (Lipinski definition) is 2. The van der Waals surface area contributed by atoms with Gasteiger partial charge in [0.15, 0.2) is 23.3 Å². The summed E-state index contributed by atoms with van der Waals surface area (Å²) in [6.45, 7) is -0.825. The second-order valence-electron chi connectivity index (χ2n) is 2.77. The van der Waals surface area contributed by atoms with Crippen LogP contribution < -0.4 is 5.73 Å². The Morgan fingerprint density at radius 2 is 1.47 bits per heavy atom. The molecule has 0 bridgehead atoms. The number of nitrogens with two attached hydrogens (primary N) is 1. The molecule has 0 heterocycles. The molecule has 0 saturated heterocycles. The topological polar surface area (TPSA) is 46.2 Å². The van der Waals surface area contributed by atoms with Crippen molar-refractivity contribution in [3.63, 3.8) is 0 Å². The Balaban J connectivity index is 3.52. The predicted molar refractivity (Wildman–Crippen MR) is 48.0 cm³/mol. The van der Waals surface area contributed by atoms with Crippen LogP contribution in [0.25, 0.3) is 0 Å². The monoisotopic (exact) mass is 287 g/mol. The molecule has 0 aromatic heterocycles. The molecule has 0 saturated carbocycles. The zero-order valence-corrected chi connectivity index (χ0v) is 8.78. The third-order valence-corrected chi connectivity index (χ3v) is 2.51. The Kier molecular flexibility index (Phi) is 3.69. The van der Waals surface area contributed by atoms with E-state index in [9.17, 15) is 17.6 Å². The highest BCUT2D eigenvalue weighted by atomic mass is 79.9. The summed E-state index contributed by atoms with van der Waals surface area (Å²) in [6, 6.07) is -1.51. The van der Waals surface area contributed by atoms with Gasteiger partial charge < -0.3 is 10.8 Å². The van der Waals surface area contributed by atoms with E-state index in [1.807, 2.05) is 0 Å². The van der Waals surface area contributed by atoms with Crippen LogP contribution in [-0.2, 0) is 0 Å². The Labute approximate surface area is 90.8 Å². The summed E-state index contributed by atoms with van der Waals surface area (Å²) in [5.74, 6) is -6.37. The molecule has 0 amide bonds. The Morgan fingerprint density at radius 1 is 1.07 bits per heavy atom. The molecule has 0 aliphatic carbocycles. The molecule has 84 valence electrons. The van der Waals surface area contributed by atoms with Gasteiger partial charge in [-0.3, -0.25) is 0 Å². The van der Waals surface area contributed by atoms with Gasteiger partial charge in [0.2, 0.25) is 0 Å². The number of benzene rings is 1. The van der Waals surface area contributed by atoms with Crippen molar-refractivity contribution in [1.29, 1.82) is 0 Å². The van der Waals surface area contributed by atoms with E-state index in [0.29, 0.717) is 0 Å².